The van der Waals surface area contributed by atoms with Crippen molar-refractivity contribution in [3.8, 4) is 0 Å². The number of H-pyrrole nitrogens is 1. The SMILES string of the molecule is O=C(O)c1ccccc1Nc1ccc(F)cc1.O=c1c2ccccc2[nH]c2ccc(F)cc12. The van der Waals surface area contributed by atoms with Crippen LogP contribution in [0.2, 0.25) is 0 Å². The summed E-state index contributed by atoms with van der Waals surface area (Å²) in [4.78, 5) is 26.1. The number of nitrogens with one attached hydrogen (secondary N) is 2. The van der Waals surface area contributed by atoms with Gasteiger partial charge in [-0.3, -0.25) is 4.79 Å². The number of anilines is 2. The van der Waals surface area contributed by atoms with Crippen LogP contribution in [0.1, 0.15) is 10.4 Å². The van der Waals surface area contributed by atoms with Crippen molar-refractivity contribution in [2.75, 3.05) is 5.32 Å². The number of hydrogen-bond donors (Lipinski definition) is 3. The molecule has 0 aliphatic heterocycles. The largest absolute Gasteiger partial charge is 0.478 e. The van der Waals surface area contributed by atoms with E-state index in [2.05, 4.69) is 10.3 Å². The molecule has 0 saturated heterocycles. The first-order chi connectivity index (χ1) is 15.9. The van der Waals surface area contributed by atoms with E-state index in [0.29, 0.717) is 27.7 Å². The van der Waals surface area contributed by atoms with Crippen LogP contribution in [0.3, 0.4) is 0 Å². The van der Waals surface area contributed by atoms with Gasteiger partial charge < -0.3 is 15.4 Å². The van der Waals surface area contributed by atoms with Gasteiger partial charge in [-0.2, -0.15) is 0 Å². The molecule has 0 atom stereocenters. The fourth-order valence-corrected chi connectivity index (χ4v) is 3.36. The first-order valence-electron chi connectivity index (χ1n) is 9.97. The highest BCUT2D eigenvalue weighted by Crippen LogP contribution is 2.21. The van der Waals surface area contributed by atoms with Crippen molar-refractivity contribution in [1.82, 2.24) is 4.98 Å². The molecule has 5 aromatic rings. The Hall–Kier alpha value is -4.52. The molecule has 1 heterocycles. The Balaban J connectivity index is 0.000000157. The molecular weight excluding hydrogens is 426 g/mol. The van der Waals surface area contributed by atoms with E-state index in [4.69, 9.17) is 5.11 Å². The Kier molecular flexibility index (Phi) is 6.13. The van der Waals surface area contributed by atoms with E-state index in [-0.39, 0.29) is 16.8 Å². The summed E-state index contributed by atoms with van der Waals surface area (Å²) in [5, 5.41) is 12.9. The lowest BCUT2D eigenvalue weighted by Crippen LogP contribution is -2.04. The molecule has 5 nitrogen and oxygen atoms in total. The minimum Gasteiger partial charge on any atom is -0.478 e. The molecule has 0 bridgehead atoms. The molecule has 0 aliphatic carbocycles. The van der Waals surface area contributed by atoms with E-state index in [1.165, 1.54) is 30.3 Å². The number of aromatic carboxylic acids is 1. The molecule has 4 aromatic carbocycles. The van der Waals surface area contributed by atoms with Crippen molar-refractivity contribution in [1.29, 1.82) is 0 Å². The highest BCUT2D eigenvalue weighted by Gasteiger charge is 2.08. The first kappa shape index (κ1) is 21.7. The zero-order valence-corrected chi connectivity index (χ0v) is 17.2. The van der Waals surface area contributed by atoms with E-state index in [0.717, 1.165) is 5.52 Å². The topological polar surface area (TPSA) is 82.2 Å². The number of aromatic amines is 1. The summed E-state index contributed by atoms with van der Waals surface area (Å²) in [7, 11) is 0. The second-order valence-electron chi connectivity index (χ2n) is 7.17. The number of hydrogen-bond acceptors (Lipinski definition) is 3. The molecule has 33 heavy (non-hydrogen) atoms. The van der Waals surface area contributed by atoms with Crippen LogP contribution in [0.5, 0.6) is 0 Å². The fourth-order valence-electron chi connectivity index (χ4n) is 3.36. The van der Waals surface area contributed by atoms with Gasteiger partial charge in [0.25, 0.3) is 0 Å². The highest BCUT2D eigenvalue weighted by atomic mass is 19.1. The van der Waals surface area contributed by atoms with Gasteiger partial charge in [0.2, 0.25) is 0 Å². The summed E-state index contributed by atoms with van der Waals surface area (Å²) in [5.74, 6) is -1.73. The average molecular weight is 444 g/mol. The lowest BCUT2D eigenvalue weighted by Gasteiger charge is -2.09. The summed E-state index contributed by atoms with van der Waals surface area (Å²) in [5.41, 5.74) is 2.59. The third-order valence-corrected chi connectivity index (χ3v) is 4.95. The van der Waals surface area contributed by atoms with Gasteiger partial charge in [-0.1, -0.05) is 24.3 Å². The fraction of sp³-hybridized carbons (Fsp3) is 0. The second kappa shape index (κ2) is 9.32. The van der Waals surface area contributed by atoms with Gasteiger partial charge in [0, 0.05) is 27.5 Å². The number of halogens is 2. The summed E-state index contributed by atoms with van der Waals surface area (Å²) < 4.78 is 25.8. The van der Waals surface area contributed by atoms with Crippen LogP contribution in [0.4, 0.5) is 20.2 Å². The minimum absolute atomic E-state index is 0.135. The number of para-hydroxylation sites is 2. The predicted octanol–water partition coefficient (Wildman–Crippen LogP) is 6.09. The van der Waals surface area contributed by atoms with Gasteiger partial charge in [0.1, 0.15) is 11.6 Å². The van der Waals surface area contributed by atoms with E-state index in [1.807, 2.05) is 12.1 Å². The van der Waals surface area contributed by atoms with E-state index >= 15 is 0 Å². The zero-order valence-electron chi connectivity index (χ0n) is 17.2. The maximum absolute atomic E-state index is 13.1. The van der Waals surface area contributed by atoms with Gasteiger partial charge >= 0.3 is 5.97 Å². The molecule has 0 radical (unpaired) electrons. The van der Waals surface area contributed by atoms with Gasteiger partial charge in [0.15, 0.2) is 5.43 Å². The summed E-state index contributed by atoms with van der Waals surface area (Å²) in [6.07, 6.45) is 0. The second-order valence-corrected chi connectivity index (χ2v) is 7.17. The molecule has 7 heteroatoms. The van der Waals surface area contributed by atoms with Gasteiger partial charge in [-0.25, -0.2) is 13.6 Å². The molecule has 0 aliphatic rings. The summed E-state index contributed by atoms with van der Waals surface area (Å²) in [6.45, 7) is 0. The summed E-state index contributed by atoms with van der Waals surface area (Å²) in [6, 6.07) is 23.7. The maximum atomic E-state index is 13.1. The standard InChI is InChI=1S/C13H10FNO2.C13H8FNO/c14-9-5-7-10(8-6-9)15-12-4-2-1-3-11(12)13(16)17;14-8-5-6-12-10(7-8)13(16)9-3-1-2-4-11(9)15-12/h1-8,15H,(H,16,17);1-7H,(H,15,16). The van der Waals surface area contributed by atoms with Crippen LogP contribution in [0.25, 0.3) is 21.8 Å². The van der Waals surface area contributed by atoms with Gasteiger partial charge in [-0.15, -0.1) is 0 Å². The number of aromatic nitrogens is 1. The van der Waals surface area contributed by atoms with Crippen molar-refractivity contribution >= 4 is 39.1 Å². The molecule has 0 unspecified atom stereocenters. The van der Waals surface area contributed by atoms with Crippen molar-refractivity contribution < 1.29 is 18.7 Å². The maximum Gasteiger partial charge on any atom is 0.337 e. The molecule has 5 rings (SSSR count). The van der Waals surface area contributed by atoms with Crippen molar-refractivity contribution in [2.45, 2.75) is 0 Å². The number of carbonyl (C=O) groups is 1. The van der Waals surface area contributed by atoms with E-state index < -0.39 is 11.8 Å². The van der Waals surface area contributed by atoms with Crippen LogP contribution in [0.15, 0.2) is 95.8 Å². The van der Waals surface area contributed by atoms with Crippen molar-refractivity contribution in [3.05, 3.63) is 118 Å². The Labute approximate surface area is 186 Å². The smallest absolute Gasteiger partial charge is 0.337 e. The van der Waals surface area contributed by atoms with Gasteiger partial charge in [0.05, 0.1) is 11.3 Å². The van der Waals surface area contributed by atoms with Crippen LogP contribution in [-0.4, -0.2) is 16.1 Å². The number of pyridine rings is 1. The Bertz CT molecular complexity index is 1510. The minimum atomic E-state index is -1.00. The van der Waals surface area contributed by atoms with Gasteiger partial charge in [-0.05, 0) is 66.7 Å². The number of carboxylic acid groups (broad SMARTS) is 1. The molecular formula is C26H18F2N2O3. The third kappa shape index (κ3) is 4.88. The van der Waals surface area contributed by atoms with E-state index in [9.17, 15) is 18.4 Å². The predicted molar refractivity (Wildman–Crippen MR) is 125 cm³/mol. The molecule has 0 spiro atoms. The molecule has 1 aromatic heterocycles. The Morgan fingerprint density at radius 1 is 0.758 bits per heavy atom. The van der Waals surface area contributed by atoms with Crippen molar-refractivity contribution in [2.24, 2.45) is 0 Å². The first-order valence-corrected chi connectivity index (χ1v) is 9.97. The summed E-state index contributed by atoms with van der Waals surface area (Å²) >= 11 is 0. The van der Waals surface area contributed by atoms with E-state index in [1.54, 1.807) is 48.5 Å². The van der Waals surface area contributed by atoms with Crippen LogP contribution in [-0.2, 0) is 0 Å². The third-order valence-electron chi connectivity index (χ3n) is 4.95. The molecule has 164 valence electrons. The van der Waals surface area contributed by atoms with Crippen LogP contribution < -0.4 is 10.7 Å². The molecule has 3 N–H and O–H groups in total. The Morgan fingerprint density at radius 2 is 1.39 bits per heavy atom. The average Bonchev–Trinajstić information content (AvgIpc) is 2.82. The van der Waals surface area contributed by atoms with Crippen LogP contribution in [0, 0.1) is 11.6 Å². The number of fused-ring (bicyclic) bond motifs is 2. The van der Waals surface area contributed by atoms with Crippen LogP contribution >= 0.6 is 0 Å². The number of rotatable bonds is 3. The monoisotopic (exact) mass is 444 g/mol. The molecule has 0 fully saturated rings. The quantitative estimate of drug-likeness (QED) is 0.294. The number of benzene rings is 4. The Morgan fingerprint density at radius 3 is 2.15 bits per heavy atom. The molecule has 0 saturated carbocycles. The lowest BCUT2D eigenvalue weighted by atomic mass is 10.1. The normalized spacial score (nSPS) is 10.5. The zero-order chi connectivity index (χ0) is 23.4. The molecule has 0 amide bonds. The van der Waals surface area contributed by atoms with Crippen molar-refractivity contribution in [3.63, 3.8) is 0 Å². The highest BCUT2D eigenvalue weighted by molar-refractivity contribution is 5.95. The lowest BCUT2D eigenvalue weighted by molar-refractivity contribution is 0.0698. The number of carboxylic acids is 1.